The molecule has 1 amide bonds. The van der Waals surface area contributed by atoms with Gasteiger partial charge in [-0.1, -0.05) is 72.8 Å². The first-order valence-electron chi connectivity index (χ1n) is 10.9. The Morgan fingerprint density at radius 3 is 2.22 bits per heavy atom. The molecule has 0 aromatic heterocycles. The number of halogens is 3. The van der Waals surface area contributed by atoms with Crippen LogP contribution in [-0.2, 0) is 31.2 Å². The Morgan fingerprint density at radius 1 is 0.972 bits per heavy atom. The molecule has 0 saturated carbocycles. The molecule has 3 aromatic rings. The highest BCUT2D eigenvalue weighted by molar-refractivity contribution is 5.95. The van der Waals surface area contributed by atoms with Gasteiger partial charge in [-0.3, -0.25) is 15.4 Å². The fourth-order valence-electron chi connectivity index (χ4n) is 4.24. The minimum absolute atomic E-state index is 0.402. The molecule has 1 heterocycles. The van der Waals surface area contributed by atoms with Gasteiger partial charge in [0.15, 0.2) is 5.54 Å². The molecule has 2 unspecified atom stereocenters. The molecule has 1 saturated heterocycles. The van der Waals surface area contributed by atoms with Gasteiger partial charge in [-0.15, -0.1) is 0 Å². The normalized spacial score (nSPS) is 22.1. The summed E-state index contributed by atoms with van der Waals surface area (Å²) in [6.45, 7) is 0.456. The third-order valence-corrected chi connectivity index (χ3v) is 6.07. The summed E-state index contributed by atoms with van der Waals surface area (Å²) in [5, 5.41) is 2.72. The zero-order valence-corrected chi connectivity index (χ0v) is 19.5. The number of rotatable bonds is 6. The lowest BCUT2D eigenvalue weighted by atomic mass is 9.81. The molecule has 2 atom stereocenters. The Kier molecular flexibility index (Phi) is 6.61. The Balaban J connectivity index is 1.82. The van der Waals surface area contributed by atoms with Crippen LogP contribution in [0.5, 0.6) is 0 Å². The number of nitrogens with two attached hydrogens (primary N) is 1. The van der Waals surface area contributed by atoms with Crippen LogP contribution in [0.4, 0.5) is 13.2 Å². The van der Waals surface area contributed by atoms with Crippen LogP contribution in [-0.4, -0.2) is 43.1 Å². The maximum Gasteiger partial charge on any atom is 0.491 e. The second-order valence-corrected chi connectivity index (χ2v) is 8.40. The SMILES string of the molecule is COCc1ccc(-c2cccc(C3(c4ccccc4)NC(N)(OC(=O)C(F)(F)F)N(C)C3=O)c2)cc1. The van der Waals surface area contributed by atoms with E-state index < -0.39 is 29.6 Å². The lowest BCUT2D eigenvalue weighted by molar-refractivity contribution is -0.228. The van der Waals surface area contributed by atoms with E-state index in [-0.39, 0.29) is 0 Å². The summed E-state index contributed by atoms with van der Waals surface area (Å²) < 4.78 is 48.7. The van der Waals surface area contributed by atoms with E-state index in [1.807, 2.05) is 30.3 Å². The fourth-order valence-corrected chi connectivity index (χ4v) is 4.24. The minimum atomic E-state index is -5.30. The number of ether oxygens (including phenoxy) is 2. The van der Waals surface area contributed by atoms with Crippen molar-refractivity contribution in [1.29, 1.82) is 0 Å². The van der Waals surface area contributed by atoms with Gasteiger partial charge in [-0.2, -0.15) is 13.2 Å². The number of carbonyl (C=O) groups is 2. The van der Waals surface area contributed by atoms with Crippen LogP contribution in [0.15, 0.2) is 78.9 Å². The first kappa shape index (κ1) is 25.4. The van der Waals surface area contributed by atoms with Crippen LogP contribution in [0.1, 0.15) is 16.7 Å². The van der Waals surface area contributed by atoms with E-state index >= 15 is 0 Å². The number of hydrogen-bond acceptors (Lipinski definition) is 6. The van der Waals surface area contributed by atoms with Gasteiger partial charge in [-0.25, -0.2) is 10.1 Å². The molecule has 0 spiro atoms. The van der Waals surface area contributed by atoms with Gasteiger partial charge in [0, 0.05) is 14.2 Å². The lowest BCUT2D eigenvalue weighted by Crippen LogP contribution is -2.64. The van der Waals surface area contributed by atoms with Gasteiger partial charge in [0.25, 0.3) is 5.91 Å². The van der Waals surface area contributed by atoms with Crippen molar-refractivity contribution < 1.29 is 32.2 Å². The fraction of sp³-hybridized carbons (Fsp3) is 0.231. The monoisotopic (exact) mass is 499 g/mol. The van der Waals surface area contributed by atoms with Crippen molar-refractivity contribution in [3.8, 4) is 11.1 Å². The molecule has 1 fully saturated rings. The van der Waals surface area contributed by atoms with Gasteiger partial charge in [0.1, 0.15) is 0 Å². The number of likely N-dealkylation sites (N-methyl/N-ethyl adjacent to an activating group) is 1. The number of nitrogens with zero attached hydrogens (tertiary/aromatic N) is 1. The van der Waals surface area contributed by atoms with Crippen LogP contribution >= 0.6 is 0 Å². The summed E-state index contributed by atoms with van der Waals surface area (Å²) in [6, 6.07) is 23.0. The molecule has 1 aliphatic rings. The first-order valence-corrected chi connectivity index (χ1v) is 10.9. The number of benzene rings is 3. The molecule has 0 bridgehead atoms. The maximum atomic E-state index is 13.7. The minimum Gasteiger partial charge on any atom is -0.404 e. The second kappa shape index (κ2) is 9.38. The van der Waals surface area contributed by atoms with E-state index in [1.54, 1.807) is 55.6 Å². The Labute approximate surface area is 205 Å². The van der Waals surface area contributed by atoms with Gasteiger partial charge >= 0.3 is 18.1 Å². The van der Waals surface area contributed by atoms with Crippen molar-refractivity contribution in [2.75, 3.05) is 14.2 Å². The molecule has 7 nitrogen and oxygen atoms in total. The largest absolute Gasteiger partial charge is 0.491 e. The van der Waals surface area contributed by atoms with Gasteiger partial charge < -0.3 is 9.47 Å². The number of nitrogens with one attached hydrogen (secondary N) is 1. The quantitative estimate of drug-likeness (QED) is 0.399. The molecule has 3 aromatic carbocycles. The zero-order chi connectivity index (χ0) is 26.1. The second-order valence-electron chi connectivity index (χ2n) is 8.40. The van der Waals surface area contributed by atoms with Crippen molar-refractivity contribution in [2.24, 2.45) is 5.73 Å². The first-order chi connectivity index (χ1) is 17.0. The van der Waals surface area contributed by atoms with Crippen molar-refractivity contribution in [3.05, 3.63) is 95.6 Å². The third-order valence-electron chi connectivity index (χ3n) is 6.07. The van der Waals surface area contributed by atoms with Crippen molar-refractivity contribution in [3.63, 3.8) is 0 Å². The third kappa shape index (κ3) is 4.46. The van der Waals surface area contributed by atoms with E-state index in [0.717, 1.165) is 21.6 Å². The van der Waals surface area contributed by atoms with Gasteiger partial charge in [0.05, 0.1) is 6.61 Å². The molecule has 0 radical (unpaired) electrons. The molecule has 10 heteroatoms. The predicted octanol–water partition coefficient (Wildman–Crippen LogP) is 3.48. The lowest BCUT2D eigenvalue weighted by Gasteiger charge is -2.32. The molecular weight excluding hydrogens is 475 g/mol. The molecule has 1 aliphatic heterocycles. The Bertz CT molecular complexity index is 1270. The van der Waals surface area contributed by atoms with Crippen LogP contribution in [0, 0.1) is 0 Å². The summed E-state index contributed by atoms with van der Waals surface area (Å²) in [7, 11) is 2.77. The molecular formula is C26H24F3N3O4. The zero-order valence-electron chi connectivity index (χ0n) is 19.5. The number of methoxy groups -OCH3 is 1. The highest BCUT2D eigenvalue weighted by atomic mass is 19.4. The van der Waals surface area contributed by atoms with Crippen LogP contribution in [0.3, 0.4) is 0 Å². The summed E-state index contributed by atoms with van der Waals surface area (Å²) >= 11 is 0. The molecule has 3 N–H and O–H groups in total. The highest BCUT2D eigenvalue weighted by Gasteiger charge is 2.62. The topological polar surface area (TPSA) is 93.9 Å². The van der Waals surface area contributed by atoms with Crippen molar-refractivity contribution >= 4 is 11.9 Å². The van der Waals surface area contributed by atoms with Crippen molar-refractivity contribution in [1.82, 2.24) is 10.2 Å². The summed E-state index contributed by atoms with van der Waals surface area (Å²) in [4.78, 5) is 26.2. The van der Waals surface area contributed by atoms with Crippen LogP contribution in [0.25, 0.3) is 11.1 Å². The molecule has 0 aliphatic carbocycles. The smallest absolute Gasteiger partial charge is 0.404 e. The Hall–Kier alpha value is -3.73. The molecule has 4 rings (SSSR count). The van der Waals surface area contributed by atoms with Gasteiger partial charge in [-0.05, 0) is 33.9 Å². The summed E-state index contributed by atoms with van der Waals surface area (Å²) in [5.74, 6) is -5.78. The van der Waals surface area contributed by atoms with E-state index in [4.69, 9.17) is 10.5 Å². The average molecular weight is 499 g/mol. The number of hydrogen-bond donors (Lipinski definition) is 2. The van der Waals surface area contributed by atoms with Crippen molar-refractivity contribution in [2.45, 2.75) is 24.3 Å². The van der Waals surface area contributed by atoms with E-state index in [0.29, 0.717) is 17.7 Å². The van der Waals surface area contributed by atoms with E-state index in [1.165, 1.54) is 7.05 Å². The van der Waals surface area contributed by atoms with E-state index in [2.05, 4.69) is 10.1 Å². The van der Waals surface area contributed by atoms with Crippen LogP contribution < -0.4 is 11.1 Å². The predicted molar refractivity (Wildman–Crippen MR) is 125 cm³/mol. The molecule has 36 heavy (non-hydrogen) atoms. The van der Waals surface area contributed by atoms with E-state index in [9.17, 15) is 22.8 Å². The standard InChI is InChI=1S/C26H24F3N3O4/c1-32-22(33)24(20-8-4-3-5-9-20,31-26(32,30)36-23(34)25(27,28)29)21-10-6-7-19(15-21)18-13-11-17(12-14-18)16-35-2/h3-15,31H,16,30H2,1-2H3. The summed E-state index contributed by atoms with van der Waals surface area (Å²) in [6.07, 6.45) is -5.30. The number of esters is 1. The van der Waals surface area contributed by atoms with Gasteiger partial charge in [0.2, 0.25) is 0 Å². The maximum absolute atomic E-state index is 13.7. The highest BCUT2D eigenvalue weighted by Crippen LogP contribution is 2.41. The summed E-state index contributed by atoms with van der Waals surface area (Å²) in [5.41, 5.74) is 7.73. The number of alkyl halides is 3. The molecule has 188 valence electrons. The number of amides is 1. The Morgan fingerprint density at radius 2 is 1.61 bits per heavy atom. The average Bonchev–Trinajstić information content (AvgIpc) is 3.06. The number of carbonyl (C=O) groups excluding carboxylic acids is 2. The van der Waals surface area contributed by atoms with Crippen LogP contribution in [0.2, 0.25) is 0 Å².